The van der Waals surface area contributed by atoms with Gasteiger partial charge in [0.1, 0.15) is 22.4 Å². The molecule has 1 aliphatic rings. The first kappa shape index (κ1) is 17.7. The molecule has 0 radical (unpaired) electrons. The fourth-order valence-corrected chi connectivity index (χ4v) is 4.06. The van der Waals surface area contributed by atoms with Crippen LogP contribution in [0.3, 0.4) is 0 Å². The zero-order valence-electron chi connectivity index (χ0n) is 14.1. The Hall–Kier alpha value is -2.70. The average Bonchev–Trinajstić information content (AvgIpc) is 3.22. The second-order valence-corrected chi connectivity index (χ2v) is 7.43. The molecule has 0 bridgehead atoms. The molecule has 4 rings (SSSR count). The van der Waals surface area contributed by atoms with Crippen molar-refractivity contribution in [2.45, 2.75) is 6.54 Å². The van der Waals surface area contributed by atoms with E-state index >= 15 is 0 Å². The van der Waals surface area contributed by atoms with Gasteiger partial charge in [0.2, 0.25) is 0 Å². The summed E-state index contributed by atoms with van der Waals surface area (Å²) in [4.78, 5) is 6.29. The number of thiazole rings is 1. The number of benzene rings is 2. The number of aliphatic hydroxyl groups is 1. The minimum Gasteiger partial charge on any atom is -0.510 e. The molecule has 0 amide bonds. The van der Waals surface area contributed by atoms with Crippen molar-refractivity contribution in [3.8, 4) is 11.3 Å². The molecular formula is C20H15ClFN3OS. The molecule has 0 unspecified atom stereocenters. The Morgan fingerprint density at radius 2 is 1.93 bits per heavy atom. The Labute approximate surface area is 164 Å². The van der Waals surface area contributed by atoms with Crippen LogP contribution >= 0.6 is 22.9 Å². The zero-order valence-corrected chi connectivity index (χ0v) is 15.7. The predicted molar refractivity (Wildman–Crippen MR) is 107 cm³/mol. The third-order valence-corrected chi connectivity index (χ3v) is 5.59. The molecule has 2 N–H and O–H groups in total. The first-order valence-corrected chi connectivity index (χ1v) is 9.50. The number of amidine groups is 1. The van der Waals surface area contributed by atoms with E-state index in [1.54, 1.807) is 23.1 Å². The Balaban J connectivity index is 1.57. The molecule has 27 heavy (non-hydrogen) atoms. The lowest BCUT2D eigenvalue weighted by molar-refractivity contribution is 0.347. The second kappa shape index (κ2) is 7.13. The first-order valence-electron chi connectivity index (χ1n) is 8.24. The molecule has 2 heterocycles. The van der Waals surface area contributed by atoms with Crippen LogP contribution in [0.1, 0.15) is 10.6 Å². The van der Waals surface area contributed by atoms with Crippen LogP contribution in [0.4, 0.5) is 4.39 Å². The van der Waals surface area contributed by atoms with Crippen molar-refractivity contribution in [3.63, 3.8) is 0 Å². The summed E-state index contributed by atoms with van der Waals surface area (Å²) in [5.41, 5.74) is 2.80. The van der Waals surface area contributed by atoms with Gasteiger partial charge in [0.25, 0.3) is 0 Å². The van der Waals surface area contributed by atoms with Crippen LogP contribution < -0.4 is 0 Å². The molecule has 3 aromatic rings. The molecule has 0 aliphatic carbocycles. The van der Waals surface area contributed by atoms with E-state index in [9.17, 15) is 9.50 Å². The van der Waals surface area contributed by atoms with Gasteiger partial charge in [-0.15, -0.1) is 11.3 Å². The van der Waals surface area contributed by atoms with Crippen LogP contribution in [0, 0.1) is 11.2 Å². The van der Waals surface area contributed by atoms with Gasteiger partial charge in [0.15, 0.2) is 0 Å². The smallest absolute Gasteiger partial charge is 0.135 e. The van der Waals surface area contributed by atoms with Gasteiger partial charge in [-0.2, -0.15) is 0 Å². The van der Waals surface area contributed by atoms with Gasteiger partial charge in [-0.3, -0.25) is 5.41 Å². The number of nitrogens with zero attached hydrogens (tertiary/aromatic N) is 2. The molecule has 4 nitrogen and oxygen atoms in total. The largest absolute Gasteiger partial charge is 0.510 e. The van der Waals surface area contributed by atoms with Crippen LogP contribution in [0.2, 0.25) is 5.02 Å². The number of hydrogen-bond acceptors (Lipinski definition) is 4. The molecule has 0 fully saturated rings. The Kier molecular flexibility index (Phi) is 4.68. The van der Waals surface area contributed by atoms with Crippen LogP contribution in [0.5, 0.6) is 0 Å². The monoisotopic (exact) mass is 399 g/mol. The Morgan fingerprint density at radius 3 is 2.67 bits per heavy atom. The molecule has 7 heteroatoms. The van der Waals surface area contributed by atoms with Crippen LogP contribution in [-0.2, 0) is 6.54 Å². The van der Waals surface area contributed by atoms with Crippen molar-refractivity contribution >= 4 is 34.3 Å². The SMILES string of the molecule is N=C1C(c2nc(-c3ccc(F)cc3)cs2)=C(O)CN1Cc1ccccc1Cl. The van der Waals surface area contributed by atoms with E-state index < -0.39 is 0 Å². The lowest BCUT2D eigenvalue weighted by Gasteiger charge is -2.19. The molecule has 1 aliphatic heterocycles. The van der Waals surface area contributed by atoms with Crippen molar-refractivity contribution in [1.29, 1.82) is 5.41 Å². The molecule has 1 aromatic heterocycles. The van der Waals surface area contributed by atoms with Gasteiger partial charge in [-0.1, -0.05) is 29.8 Å². The number of aromatic nitrogens is 1. The standard InChI is InChI=1S/C20H15ClFN3OS/c21-15-4-2-1-3-13(15)9-25-10-17(26)18(19(25)23)20-24-16(11-27-20)12-5-7-14(22)8-6-12/h1-8,11,23,26H,9-10H2. The maximum Gasteiger partial charge on any atom is 0.135 e. The quantitative estimate of drug-likeness (QED) is 0.620. The van der Waals surface area contributed by atoms with Crippen molar-refractivity contribution < 1.29 is 9.50 Å². The van der Waals surface area contributed by atoms with E-state index in [0.717, 1.165) is 11.1 Å². The third kappa shape index (κ3) is 3.46. The van der Waals surface area contributed by atoms with Gasteiger partial charge in [0.05, 0.1) is 17.8 Å². The summed E-state index contributed by atoms with van der Waals surface area (Å²) in [7, 11) is 0. The summed E-state index contributed by atoms with van der Waals surface area (Å²) < 4.78 is 13.1. The van der Waals surface area contributed by atoms with Crippen molar-refractivity contribution in [1.82, 2.24) is 9.88 Å². The van der Waals surface area contributed by atoms with E-state index in [2.05, 4.69) is 4.98 Å². The van der Waals surface area contributed by atoms with E-state index in [4.69, 9.17) is 17.0 Å². The lowest BCUT2D eigenvalue weighted by Crippen LogP contribution is -2.26. The summed E-state index contributed by atoms with van der Waals surface area (Å²) in [6.07, 6.45) is 0. The zero-order chi connectivity index (χ0) is 19.0. The molecule has 0 spiro atoms. The minimum absolute atomic E-state index is 0.118. The summed E-state index contributed by atoms with van der Waals surface area (Å²) in [5, 5.41) is 21.9. The van der Waals surface area contributed by atoms with E-state index in [1.165, 1.54) is 23.5 Å². The Bertz CT molecular complexity index is 1050. The van der Waals surface area contributed by atoms with Gasteiger partial charge < -0.3 is 10.0 Å². The first-order chi connectivity index (χ1) is 13.0. The number of halogens is 2. The molecule has 2 aromatic carbocycles. The van der Waals surface area contributed by atoms with E-state index in [0.29, 0.717) is 27.8 Å². The molecule has 136 valence electrons. The summed E-state index contributed by atoms with van der Waals surface area (Å²) >= 11 is 7.56. The summed E-state index contributed by atoms with van der Waals surface area (Å²) in [6, 6.07) is 13.5. The summed E-state index contributed by atoms with van der Waals surface area (Å²) in [5.74, 6) is 0.0295. The molecule has 0 saturated carbocycles. The van der Waals surface area contributed by atoms with Crippen molar-refractivity contribution in [3.05, 3.63) is 81.1 Å². The Morgan fingerprint density at radius 1 is 1.19 bits per heavy atom. The molecule has 0 atom stereocenters. The topological polar surface area (TPSA) is 60.2 Å². The van der Waals surface area contributed by atoms with Crippen LogP contribution in [0.15, 0.2) is 59.7 Å². The fraction of sp³-hybridized carbons (Fsp3) is 0.100. The van der Waals surface area contributed by atoms with Crippen molar-refractivity contribution in [2.24, 2.45) is 0 Å². The number of aliphatic hydroxyl groups excluding tert-OH is 1. The average molecular weight is 400 g/mol. The van der Waals surface area contributed by atoms with E-state index in [-0.39, 0.29) is 24.0 Å². The van der Waals surface area contributed by atoms with Crippen LogP contribution in [-0.4, -0.2) is 27.4 Å². The number of hydrogen-bond donors (Lipinski definition) is 2. The van der Waals surface area contributed by atoms with Crippen LogP contribution in [0.25, 0.3) is 16.8 Å². The fourth-order valence-electron chi connectivity index (χ4n) is 2.97. The van der Waals surface area contributed by atoms with Gasteiger partial charge in [-0.05, 0) is 35.9 Å². The predicted octanol–water partition coefficient (Wildman–Crippen LogP) is 5.36. The van der Waals surface area contributed by atoms with Gasteiger partial charge in [0, 0.05) is 22.5 Å². The highest BCUT2D eigenvalue weighted by atomic mass is 35.5. The maximum absolute atomic E-state index is 13.1. The molecular weight excluding hydrogens is 385 g/mol. The lowest BCUT2D eigenvalue weighted by atomic mass is 10.2. The highest BCUT2D eigenvalue weighted by Crippen LogP contribution is 2.33. The van der Waals surface area contributed by atoms with Gasteiger partial charge in [-0.25, -0.2) is 9.37 Å². The highest BCUT2D eigenvalue weighted by molar-refractivity contribution is 7.11. The second-order valence-electron chi connectivity index (χ2n) is 6.16. The van der Waals surface area contributed by atoms with Crippen molar-refractivity contribution in [2.75, 3.05) is 6.54 Å². The number of rotatable bonds is 4. The minimum atomic E-state index is -0.303. The maximum atomic E-state index is 13.1. The number of nitrogens with one attached hydrogen (secondary N) is 1. The van der Waals surface area contributed by atoms with E-state index in [1.807, 2.05) is 23.6 Å². The van der Waals surface area contributed by atoms with Gasteiger partial charge >= 0.3 is 0 Å². The molecule has 0 saturated heterocycles. The third-order valence-electron chi connectivity index (χ3n) is 4.36. The summed E-state index contributed by atoms with van der Waals surface area (Å²) in [6.45, 7) is 0.674. The normalized spacial score (nSPS) is 14.3. The highest BCUT2D eigenvalue weighted by Gasteiger charge is 2.30.